The minimum atomic E-state index is -4.07. The average molecular weight is 821 g/mol. The van der Waals surface area contributed by atoms with E-state index in [0.717, 1.165) is 34.8 Å². The van der Waals surface area contributed by atoms with Gasteiger partial charge in [-0.2, -0.15) is 8.61 Å². The lowest BCUT2D eigenvalue weighted by Crippen LogP contribution is -2.36. The number of carbonyl (C=O) groups is 2. The minimum Gasteiger partial charge on any atom is -0.298 e. The predicted molar refractivity (Wildman–Crippen MR) is 225 cm³/mol. The SMILES string of the molecule is Cc1ccc(S(=O)(=O)N2CCCN(S(=O)(=O)c3ccc(C)cc3)Cc3cc(C(C)(C)C)cc(C=O)c3SCCSc3c(C=O)cc(C(C)(C)C)cc3C2)cc1. The number of hydrogen-bond donors (Lipinski definition) is 0. The van der Waals surface area contributed by atoms with Crippen LogP contribution < -0.4 is 0 Å². The van der Waals surface area contributed by atoms with Crippen LogP contribution in [0.15, 0.2) is 92.4 Å². The van der Waals surface area contributed by atoms with Crippen molar-refractivity contribution in [1.29, 1.82) is 0 Å². The fourth-order valence-electron chi connectivity index (χ4n) is 6.43. The van der Waals surface area contributed by atoms with Crippen LogP contribution in [-0.4, -0.2) is 62.6 Å². The van der Waals surface area contributed by atoms with E-state index in [2.05, 4.69) is 41.5 Å². The number of thioether (sulfide) groups is 2. The Morgan fingerprint density at radius 3 is 1.22 bits per heavy atom. The van der Waals surface area contributed by atoms with Crippen molar-refractivity contribution in [3.63, 3.8) is 0 Å². The summed E-state index contributed by atoms with van der Waals surface area (Å²) in [7, 11) is -8.13. The molecule has 0 amide bonds. The summed E-state index contributed by atoms with van der Waals surface area (Å²) >= 11 is 2.98. The van der Waals surface area contributed by atoms with Crippen molar-refractivity contribution in [2.24, 2.45) is 0 Å². The summed E-state index contributed by atoms with van der Waals surface area (Å²) < 4.78 is 60.9. The highest BCUT2D eigenvalue weighted by Gasteiger charge is 2.31. The normalized spacial score (nSPS) is 16.0. The molecule has 4 aromatic carbocycles. The number of carbonyl (C=O) groups excluding carboxylic acids is 2. The van der Waals surface area contributed by atoms with Crippen LogP contribution in [0.25, 0.3) is 0 Å². The molecule has 4 aromatic rings. The second-order valence-corrected chi connectivity index (χ2v) is 22.3. The van der Waals surface area contributed by atoms with Crippen LogP contribution in [0.3, 0.4) is 0 Å². The molecule has 1 heterocycles. The lowest BCUT2D eigenvalue weighted by atomic mass is 9.85. The first-order valence-electron chi connectivity index (χ1n) is 18.4. The Labute approximate surface area is 336 Å². The fraction of sp³-hybridized carbons (Fsp3) is 0.395. The maximum Gasteiger partial charge on any atom is 0.243 e. The number of fused-ring (bicyclic) bond motifs is 2. The van der Waals surface area contributed by atoms with E-state index >= 15 is 0 Å². The molecule has 0 fully saturated rings. The molecule has 12 heteroatoms. The number of hydrogen-bond acceptors (Lipinski definition) is 8. The van der Waals surface area contributed by atoms with Gasteiger partial charge in [0.2, 0.25) is 20.0 Å². The molecule has 0 spiro atoms. The van der Waals surface area contributed by atoms with Crippen molar-refractivity contribution in [3.05, 3.63) is 117 Å². The van der Waals surface area contributed by atoms with E-state index in [1.165, 1.54) is 32.1 Å². The summed E-state index contributed by atoms with van der Waals surface area (Å²) in [6, 6.07) is 21.2. The Morgan fingerprint density at radius 1 is 0.564 bits per heavy atom. The van der Waals surface area contributed by atoms with Gasteiger partial charge in [0.05, 0.1) is 9.79 Å². The van der Waals surface area contributed by atoms with Crippen LogP contribution in [0, 0.1) is 13.8 Å². The summed E-state index contributed by atoms with van der Waals surface area (Å²) in [5, 5.41) is 0. The number of nitrogens with zero attached hydrogens (tertiary/aromatic N) is 2. The highest BCUT2D eigenvalue weighted by Crippen LogP contribution is 2.38. The van der Waals surface area contributed by atoms with Gasteiger partial charge in [-0.05, 0) is 89.8 Å². The van der Waals surface area contributed by atoms with Crippen LogP contribution in [0.2, 0.25) is 0 Å². The third-order valence-electron chi connectivity index (χ3n) is 9.78. The van der Waals surface area contributed by atoms with E-state index in [4.69, 9.17) is 0 Å². The Morgan fingerprint density at radius 2 is 0.909 bits per heavy atom. The molecule has 55 heavy (non-hydrogen) atoms. The lowest BCUT2D eigenvalue weighted by molar-refractivity contribution is 0.111. The first kappa shape index (κ1) is 42.9. The van der Waals surface area contributed by atoms with Crippen LogP contribution in [0.5, 0.6) is 0 Å². The van der Waals surface area contributed by atoms with Crippen LogP contribution >= 0.6 is 23.5 Å². The Hall–Kier alpha value is -3.26. The summed E-state index contributed by atoms with van der Waals surface area (Å²) in [6.45, 7) is 16.1. The van der Waals surface area contributed by atoms with Crippen molar-refractivity contribution in [3.8, 4) is 0 Å². The molecule has 0 aliphatic carbocycles. The van der Waals surface area contributed by atoms with Gasteiger partial charge >= 0.3 is 0 Å². The van der Waals surface area contributed by atoms with Crippen molar-refractivity contribution < 1.29 is 26.4 Å². The van der Waals surface area contributed by atoms with E-state index in [9.17, 15) is 26.4 Å². The molecule has 8 nitrogen and oxygen atoms in total. The van der Waals surface area contributed by atoms with Crippen molar-refractivity contribution in [2.75, 3.05) is 24.6 Å². The summed E-state index contributed by atoms with van der Waals surface area (Å²) in [6.07, 6.45) is 1.85. The maximum atomic E-state index is 14.5. The highest BCUT2D eigenvalue weighted by atomic mass is 32.2. The summed E-state index contributed by atoms with van der Waals surface area (Å²) in [5.74, 6) is 1.09. The van der Waals surface area contributed by atoms with Gasteiger partial charge in [-0.3, -0.25) is 9.59 Å². The topological polar surface area (TPSA) is 109 Å². The Balaban J connectivity index is 1.70. The van der Waals surface area contributed by atoms with E-state index in [1.54, 1.807) is 48.5 Å². The molecular weight excluding hydrogens is 769 g/mol. The molecule has 5 rings (SSSR count). The smallest absolute Gasteiger partial charge is 0.243 e. The van der Waals surface area contributed by atoms with Crippen molar-refractivity contribution >= 4 is 56.1 Å². The molecule has 0 unspecified atom stereocenters. The fourth-order valence-corrected chi connectivity index (χ4v) is 11.6. The summed E-state index contributed by atoms with van der Waals surface area (Å²) in [5.41, 5.74) is 5.42. The molecule has 0 saturated heterocycles. The van der Waals surface area contributed by atoms with Gasteiger partial charge in [0.15, 0.2) is 12.6 Å². The predicted octanol–water partition coefficient (Wildman–Crippen LogP) is 9.19. The van der Waals surface area contributed by atoms with Gasteiger partial charge in [0.1, 0.15) is 0 Å². The quantitative estimate of drug-likeness (QED) is 0.177. The monoisotopic (exact) mass is 820 g/mol. The van der Waals surface area contributed by atoms with Gasteiger partial charge in [-0.15, -0.1) is 23.5 Å². The van der Waals surface area contributed by atoms with Crippen LogP contribution in [-0.2, 0) is 44.0 Å². The first-order valence-corrected chi connectivity index (χ1v) is 23.2. The van der Waals surface area contributed by atoms with E-state index in [1.807, 2.05) is 38.1 Å². The largest absolute Gasteiger partial charge is 0.298 e. The minimum absolute atomic E-state index is 0.00832. The Kier molecular flexibility index (Phi) is 13.3. The van der Waals surface area contributed by atoms with Gasteiger partial charge < -0.3 is 0 Å². The van der Waals surface area contributed by atoms with Gasteiger partial charge in [-0.25, -0.2) is 16.8 Å². The van der Waals surface area contributed by atoms with Crippen LogP contribution in [0.4, 0.5) is 0 Å². The third kappa shape index (κ3) is 10.0. The third-order valence-corrected chi connectivity index (χ3v) is 16.1. The Bertz CT molecular complexity index is 2100. The highest BCUT2D eigenvalue weighted by molar-refractivity contribution is 8.03. The van der Waals surface area contributed by atoms with Crippen LogP contribution in [0.1, 0.15) is 102 Å². The zero-order chi connectivity index (χ0) is 40.3. The van der Waals surface area contributed by atoms with Gasteiger partial charge in [-0.1, -0.05) is 89.1 Å². The van der Waals surface area contributed by atoms with Gasteiger partial charge in [0, 0.05) is 58.6 Å². The zero-order valence-electron chi connectivity index (χ0n) is 33.0. The molecule has 1 aliphatic rings. The molecular formula is C43H52N2O6S4. The van der Waals surface area contributed by atoms with Crippen molar-refractivity contribution in [2.45, 2.75) is 105 Å². The lowest BCUT2D eigenvalue weighted by Gasteiger charge is -2.28. The number of rotatable bonds is 6. The standard InChI is InChI=1S/C43H52N2O6S4/c1-30-10-14-38(15-11-30)54(48,49)44-18-9-19-45(55(50,51)39-16-12-31(2)13-17-39)27-33-23-37(43(6,7)8)25-35(29-47)41(33)53-21-20-52-40-32(26-44)22-36(42(3,4)5)24-34(40)28-46/h10-17,22-25,28-29H,9,18-21,26-27H2,1-8H3. The molecule has 0 bridgehead atoms. The second kappa shape index (κ2) is 17.1. The maximum absolute atomic E-state index is 14.5. The average Bonchev–Trinajstić information content (AvgIpc) is 3.12. The first-order chi connectivity index (χ1) is 25.7. The molecule has 0 N–H and O–H groups in total. The molecule has 294 valence electrons. The number of aldehydes is 2. The molecule has 0 atom stereocenters. The second-order valence-electron chi connectivity index (χ2n) is 16.2. The van der Waals surface area contributed by atoms with E-state index in [-0.39, 0.29) is 53.2 Å². The number of sulfonamides is 2. The molecule has 0 aromatic heterocycles. The molecule has 0 saturated carbocycles. The van der Waals surface area contributed by atoms with Gasteiger partial charge in [0.25, 0.3) is 0 Å². The zero-order valence-corrected chi connectivity index (χ0v) is 36.3. The van der Waals surface area contributed by atoms with Crippen molar-refractivity contribution in [1.82, 2.24) is 8.61 Å². The molecule has 1 aliphatic heterocycles. The van der Waals surface area contributed by atoms with E-state index in [0.29, 0.717) is 43.6 Å². The number of benzene rings is 4. The number of aryl methyl sites for hydroxylation is 2. The van der Waals surface area contributed by atoms with E-state index < -0.39 is 20.0 Å². The summed E-state index contributed by atoms with van der Waals surface area (Å²) in [4.78, 5) is 27.1. The molecule has 0 radical (unpaired) electrons.